The van der Waals surface area contributed by atoms with Crippen LogP contribution in [-0.2, 0) is 6.54 Å². The third-order valence-electron chi connectivity index (χ3n) is 1.82. The van der Waals surface area contributed by atoms with Gasteiger partial charge in [-0.2, -0.15) is 0 Å². The van der Waals surface area contributed by atoms with Crippen molar-refractivity contribution < 1.29 is 0 Å². The number of thiazole rings is 1. The molecule has 0 unspecified atom stereocenters. The average molecular weight is 199 g/mol. The molecule has 13 heavy (non-hydrogen) atoms. The molecule has 3 nitrogen and oxygen atoms in total. The summed E-state index contributed by atoms with van der Waals surface area (Å²) in [6.45, 7) is 5.09. The standard InChI is InChI=1S/C9H17N3S/c1-8-7-13-9(11-8)6-12(3)5-4-10-2/h7,10H,4-6H2,1-3H3. The molecule has 0 bridgehead atoms. The molecule has 1 N–H and O–H groups in total. The van der Waals surface area contributed by atoms with E-state index in [4.69, 9.17) is 0 Å². The Kier molecular flexibility index (Phi) is 4.35. The van der Waals surface area contributed by atoms with Gasteiger partial charge in [-0.05, 0) is 21.0 Å². The number of aromatic nitrogens is 1. The molecule has 0 aliphatic carbocycles. The molecule has 1 aromatic heterocycles. The van der Waals surface area contributed by atoms with Crippen LogP contribution in [0.5, 0.6) is 0 Å². The van der Waals surface area contributed by atoms with E-state index in [1.54, 1.807) is 11.3 Å². The molecule has 0 amide bonds. The Bertz CT molecular complexity index is 247. The van der Waals surface area contributed by atoms with Crippen molar-refractivity contribution in [3.05, 3.63) is 16.1 Å². The largest absolute Gasteiger partial charge is 0.318 e. The van der Waals surface area contributed by atoms with Crippen molar-refractivity contribution in [2.24, 2.45) is 0 Å². The number of hydrogen-bond acceptors (Lipinski definition) is 4. The van der Waals surface area contributed by atoms with Crippen molar-refractivity contribution in [2.45, 2.75) is 13.5 Å². The summed E-state index contributed by atoms with van der Waals surface area (Å²) >= 11 is 1.74. The summed E-state index contributed by atoms with van der Waals surface area (Å²) in [7, 11) is 4.09. The third kappa shape index (κ3) is 3.85. The first-order valence-electron chi connectivity index (χ1n) is 4.46. The zero-order chi connectivity index (χ0) is 9.68. The highest BCUT2D eigenvalue weighted by Gasteiger charge is 2.02. The molecule has 74 valence electrons. The van der Waals surface area contributed by atoms with E-state index in [1.165, 1.54) is 5.01 Å². The lowest BCUT2D eigenvalue weighted by Gasteiger charge is -2.13. The second-order valence-corrected chi connectivity index (χ2v) is 4.17. The minimum absolute atomic E-state index is 0.959. The molecule has 4 heteroatoms. The van der Waals surface area contributed by atoms with Gasteiger partial charge in [0.15, 0.2) is 0 Å². The van der Waals surface area contributed by atoms with Gasteiger partial charge in [0.05, 0.1) is 6.54 Å². The topological polar surface area (TPSA) is 28.2 Å². The Balaban J connectivity index is 2.31. The molecule has 1 heterocycles. The molecule has 0 saturated heterocycles. The van der Waals surface area contributed by atoms with Crippen LogP contribution in [0.1, 0.15) is 10.7 Å². The zero-order valence-electron chi connectivity index (χ0n) is 8.50. The minimum Gasteiger partial charge on any atom is -0.318 e. The van der Waals surface area contributed by atoms with Gasteiger partial charge in [-0.3, -0.25) is 4.90 Å². The van der Waals surface area contributed by atoms with Gasteiger partial charge in [-0.1, -0.05) is 0 Å². The Morgan fingerprint density at radius 1 is 1.62 bits per heavy atom. The number of nitrogens with zero attached hydrogens (tertiary/aromatic N) is 2. The number of hydrogen-bond donors (Lipinski definition) is 1. The van der Waals surface area contributed by atoms with E-state index in [-0.39, 0.29) is 0 Å². The molecule has 0 aliphatic rings. The van der Waals surface area contributed by atoms with Crippen molar-refractivity contribution in [2.75, 3.05) is 27.2 Å². The third-order valence-corrected chi connectivity index (χ3v) is 2.77. The van der Waals surface area contributed by atoms with E-state index in [0.717, 1.165) is 25.3 Å². The maximum atomic E-state index is 4.42. The average Bonchev–Trinajstić information content (AvgIpc) is 2.48. The molecule has 1 aromatic rings. The maximum Gasteiger partial charge on any atom is 0.107 e. The number of likely N-dealkylation sites (N-methyl/N-ethyl adjacent to an activating group) is 2. The van der Waals surface area contributed by atoms with E-state index in [0.29, 0.717) is 0 Å². The second-order valence-electron chi connectivity index (χ2n) is 3.22. The summed E-state index contributed by atoms with van der Waals surface area (Å²) in [5.41, 5.74) is 1.13. The fraction of sp³-hybridized carbons (Fsp3) is 0.667. The molecule has 0 spiro atoms. The molecular formula is C9H17N3S. The molecule has 0 aliphatic heterocycles. The Hall–Kier alpha value is -0.450. The molecule has 0 radical (unpaired) electrons. The fourth-order valence-electron chi connectivity index (χ4n) is 1.09. The van der Waals surface area contributed by atoms with Crippen molar-refractivity contribution in [1.82, 2.24) is 15.2 Å². The zero-order valence-corrected chi connectivity index (χ0v) is 9.32. The Labute approximate surface area is 83.8 Å². The van der Waals surface area contributed by atoms with Gasteiger partial charge in [-0.15, -0.1) is 11.3 Å². The summed E-state index contributed by atoms with van der Waals surface area (Å²) in [4.78, 5) is 6.69. The van der Waals surface area contributed by atoms with Crippen LogP contribution < -0.4 is 5.32 Å². The molecule has 0 fully saturated rings. The van der Waals surface area contributed by atoms with Crippen LogP contribution in [0.3, 0.4) is 0 Å². The normalized spacial score (nSPS) is 11.1. The van der Waals surface area contributed by atoms with Crippen molar-refractivity contribution in [1.29, 1.82) is 0 Å². The lowest BCUT2D eigenvalue weighted by molar-refractivity contribution is 0.327. The molecule has 0 aromatic carbocycles. The van der Waals surface area contributed by atoms with Crippen molar-refractivity contribution in [3.63, 3.8) is 0 Å². The van der Waals surface area contributed by atoms with Crippen LogP contribution >= 0.6 is 11.3 Å². The first-order valence-corrected chi connectivity index (χ1v) is 5.34. The first-order chi connectivity index (χ1) is 6.22. The van der Waals surface area contributed by atoms with Gasteiger partial charge in [0.1, 0.15) is 5.01 Å². The predicted molar refractivity (Wildman–Crippen MR) is 57.1 cm³/mol. The summed E-state index contributed by atoms with van der Waals surface area (Å²) < 4.78 is 0. The highest BCUT2D eigenvalue weighted by atomic mass is 32.1. The minimum atomic E-state index is 0.959. The van der Waals surface area contributed by atoms with E-state index in [9.17, 15) is 0 Å². The number of aryl methyl sites for hydroxylation is 1. The summed E-state index contributed by atoms with van der Waals surface area (Å²) in [6.07, 6.45) is 0. The number of nitrogens with one attached hydrogen (secondary N) is 1. The van der Waals surface area contributed by atoms with Crippen molar-refractivity contribution in [3.8, 4) is 0 Å². The van der Waals surface area contributed by atoms with Crippen LogP contribution in [0.25, 0.3) is 0 Å². The van der Waals surface area contributed by atoms with Crippen LogP contribution in [0.15, 0.2) is 5.38 Å². The van der Waals surface area contributed by atoms with E-state index >= 15 is 0 Å². The fourth-order valence-corrected chi connectivity index (χ4v) is 1.94. The lowest BCUT2D eigenvalue weighted by Crippen LogP contribution is -2.26. The molecule has 0 saturated carbocycles. The molecule has 1 rings (SSSR count). The monoisotopic (exact) mass is 199 g/mol. The van der Waals surface area contributed by atoms with E-state index in [1.807, 2.05) is 14.0 Å². The van der Waals surface area contributed by atoms with Gasteiger partial charge in [-0.25, -0.2) is 4.98 Å². The Morgan fingerprint density at radius 2 is 2.38 bits per heavy atom. The van der Waals surface area contributed by atoms with Gasteiger partial charge in [0, 0.05) is 24.2 Å². The SMILES string of the molecule is CNCCN(C)Cc1nc(C)cs1. The van der Waals surface area contributed by atoms with Crippen LogP contribution in [0.2, 0.25) is 0 Å². The van der Waals surface area contributed by atoms with E-state index in [2.05, 4.69) is 27.6 Å². The van der Waals surface area contributed by atoms with Crippen LogP contribution in [0, 0.1) is 6.92 Å². The van der Waals surface area contributed by atoms with Gasteiger partial charge in [0.25, 0.3) is 0 Å². The molecule has 0 atom stereocenters. The summed E-state index contributed by atoms with van der Waals surface area (Å²) in [6, 6.07) is 0. The second kappa shape index (κ2) is 5.32. The highest BCUT2D eigenvalue weighted by Crippen LogP contribution is 2.10. The van der Waals surface area contributed by atoms with Crippen LogP contribution in [0.4, 0.5) is 0 Å². The van der Waals surface area contributed by atoms with Crippen LogP contribution in [-0.4, -0.2) is 37.1 Å². The van der Waals surface area contributed by atoms with Gasteiger partial charge in [0.2, 0.25) is 0 Å². The Morgan fingerprint density at radius 3 is 2.92 bits per heavy atom. The smallest absolute Gasteiger partial charge is 0.107 e. The maximum absolute atomic E-state index is 4.42. The van der Waals surface area contributed by atoms with Gasteiger partial charge >= 0.3 is 0 Å². The lowest BCUT2D eigenvalue weighted by atomic mass is 10.5. The summed E-state index contributed by atoms with van der Waals surface area (Å²) in [5, 5.41) is 6.43. The quantitative estimate of drug-likeness (QED) is 0.770. The van der Waals surface area contributed by atoms with Gasteiger partial charge < -0.3 is 5.32 Å². The van der Waals surface area contributed by atoms with E-state index < -0.39 is 0 Å². The predicted octanol–water partition coefficient (Wildman–Crippen LogP) is 1.10. The molecular weight excluding hydrogens is 182 g/mol. The summed E-state index contributed by atoms with van der Waals surface area (Å²) in [5.74, 6) is 0. The number of rotatable bonds is 5. The first kappa shape index (κ1) is 10.6. The van der Waals surface area contributed by atoms with Crippen molar-refractivity contribution >= 4 is 11.3 Å². The highest BCUT2D eigenvalue weighted by molar-refractivity contribution is 7.09.